The van der Waals surface area contributed by atoms with Gasteiger partial charge in [0.05, 0.1) is 16.2 Å². The Morgan fingerprint density at radius 3 is 2.72 bits per heavy atom. The van der Waals surface area contributed by atoms with Crippen molar-refractivity contribution < 1.29 is 23.1 Å². The lowest BCUT2D eigenvalue weighted by molar-refractivity contribution is -0.137. The van der Waals surface area contributed by atoms with Crippen molar-refractivity contribution in [3.05, 3.63) is 57.3 Å². The van der Waals surface area contributed by atoms with Gasteiger partial charge in [-0.1, -0.05) is 18.0 Å². The summed E-state index contributed by atoms with van der Waals surface area (Å²) in [5.74, 6) is -0.331. The maximum Gasteiger partial charge on any atom is 0.416 e. The molecule has 1 unspecified atom stereocenters. The predicted octanol–water partition coefficient (Wildman–Crippen LogP) is 6.50. The number of nitrogens with one attached hydrogen (secondary N) is 1. The van der Waals surface area contributed by atoms with Gasteiger partial charge in [-0.2, -0.15) is 13.2 Å². The SMILES string of the molecule is CC1CCCCN1CCC(=O)CSc1c(-c2cc(Cl)ccc2O)c2cc(C(F)(F)F)ccc2[nH]c1=O. The number of halogens is 4. The molecule has 36 heavy (non-hydrogen) atoms. The van der Waals surface area contributed by atoms with Crippen LogP contribution in [-0.4, -0.2) is 45.7 Å². The van der Waals surface area contributed by atoms with E-state index in [-0.39, 0.29) is 49.2 Å². The van der Waals surface area contributed by atoms with Crippen LogP contribution >= 0.6 is 23.4 Å². The average Bonchev–Trinajstić information content (AvgIpc) is 2.82. The van der Waals surface area contributed by atoms with E-state index >= 15 is 0 Å². The fraction of sp³-hybridized carbons (Fsp3) is 0.385. The first kappa shape index (κ1) is 26.6. The Morgan fingerprint density at radius 2 is 2.00 bits per heavy atom. The van der Waals surface area contributed by atoms with Crippen LogP contribution in [0.2, 0.25) is 5.02 Å². The zero-order valence-corrected chi connectivity index (χ0v) is 21.2. The number of alkyl halides is 3. The lowest BCUT2D eigenvalue weighted by atomic mass is 9.98. The van der Waals surface area contributed by atoms with Crippen LogP contribution in [0.15, 0.2) is 46.1 Å². The van der Waals surface area contributed by atoms with Crippen LogP contribution in [-0.2, 0) is 11.0 Å². The molecule has 1 aromatic heterocycles. The number of nitrogens with zero attached hydrogens (tertiary/aromatic N) is 1. The number of phenolic OH excluding ortho intramolecular Hbond substituents is 1. The molecule has 2 N–H and O–H groups in total. The number of hydrogen-bond acceptors (Lipinski definition) is 5. The van der Waals surface area contributed by atoms with E-state index in [1.54, 1.807) is 0 Å². The summed E-state index contributed by atoms with van der Waals surface area (Å²) in [4.78, 5) is 30.7. The number of ketones is 1. The summed E-state index contributed by atoms with van der Waals surface area (Å²) in [6, 6.07) is 7.58. The highest BCUT2D eigenvalue weighted by Gasteiger charge is 2.31. The van der Waals surface area contributed by atoms with Gasteiger partial charge in [-0.3, -0.25) is 9.59 Å². The molecule has 10 heteroatoms. The molecule has 0 saturated carbocycles. The van der Waals surface area contributed by atoms with E-state index in [1.807, 2.05) is 0 Å². The van der Waals surface area contributed by atoms with Crippen LogP contribution in [0.5, 0.6) is 5.75 Å². The highest BCUT2D eigenvalue weighted by molar-refractivity contribution is 8.00. The van der Waals surface area contributed by atoms with E-state index in [4.69, 9.17) is 11.6 Å². The monoisotopic (exact) mass is 538 g/mol. The first-order valence-electron chi connectivity index (χ1n) is 11.7. The molecule has 2 aromatic carbocycles. The van der Waals surface area contributed by atoms with Crippen molar-refractivity contribution in [2.45, 2.75) is 49.7 Å². The largest absolute Gasteiger partial charge is 0.507 e. The predicted molar refractivity (Wildman–Crippen MR) is 137 cm³/mol. The van der Waals surface area contributed by atoms with Crippen molar-refractivity contribution in [3.63, 3.8) is 0 Å². The lowest BCUT2D eigenvalue weighted by Gasteiger charge is -2.33. The normalized spacial score (nSPS) is 17.0. The molecule has 192 valence electrons. The van der Waals surface area contributed by atoms with Crippen molar-refractivity contribution in [1.29, 1.82) is 0 Å². The van der Waals surface area contributed by atoms with Crippen molar-refractivity contribution in [2.24, 2.45) is 0 Å². The van der Waals surface area contributed by atoms with Gasteiger partial charge in [-0.15, -0.1) is 11.8 Å². The van der Waals surface area contributed by atoms with Crippen LogP contribution in [0.3, 0.4) is 0 Å². The van der Waals surface area contributed by atoms with Gasteiger partial charge in [0.1, 0.15) is 11.5 Å². The van der Waals surface area contributed by atoms with E-state index in [9.17, 15) is 27.9 Å². The summed E-state index contributed by atoms with van der Waals surface area (Å²) in [6.07, 6.45) is -0.902. The highest BCUT2D eigenvalue weighted by Crippen LogP contribution is 2.42. The number of fused-ring (bicyclic) bond motifs is 1. The minimum atomic E-state index is -4.60. The molecule has 1 saturated heterocycles. The smallest absolute Gasteiger partial charge is 0.416 e. The fourth-order valence-electron chi connectivity index (χ4n) is 4.55. The van der Waals surface area contributed by atoms with E-state index in [0.717, 1.165) is 43.3 Å². The third-order valence-electron chi connectivity index (χ3n) is 6.52. The van der Waals surface area contributed by atoms with Gasteiger partial charge in [-0.05, 0) is 62.7 Å². The molecule has 1 aliphatic rings. The van der Waals surface area contributed by atoms with Crippen LogP contribution < -0.4 is 5.56 Å². The Balaban J connectivity index is 1.71. The molecule has 0 amide bonds. The zero-order valence-electron chi connectivity index (χ0n) is 19.6. The fourth-order valence-corrected chi connectivity index (χ4v) is 5.72. The van der Waals surface area contributed by atoms with Crippen molar-refractivity contribution in [3.8, 4) is 16.9 Å². The van der Waals surface area contributed by atoms with E-state index in [1.165, 1.54) is 30.7 Å². The van der Waals surface area contributed by atoms with Crippen molar-refractivity contribution in [2.75, 3.05) is 18.8 Å². The molecule has 1 aliphatic heterocycles. The lowest BCUT2D eigenvalue weighted by Crippen LogP contribution is -2.38. The second kappa shape index (κ2) is 10.9. The van der Waals surface area contributed by atoms with Crippen LogP contribution in [0.1, 0.15) is 38.2 Å². The maximum atomic E-state index is 13.5. The molecule has 2 heterocycles. The molecule has 0 aliphatic carbocycles. The number of aromatic nitrogens is 1. The molecule has 5 nitrogen and oxygen atoms in total. The van der Waals surface area contributed by atoms with Gasteiger partial charge in [0.15, 0.2) is 0 Å². The number of benzene rings is 2. The van der Waals surface area contributed by atoms with E-state index in [0.29, 0.717) is 19.0 Å². The molecule has 0 radical (unpaired) electrons. The molecule has 0 spiro atoms. The number of phenols is 1. The number of Topliss-reactive ketones (excluding diaryl/α,β-unsaturated/α-hetero) is 1. The third-order valence-corrected chi connectivity index (χ3v) is 7.90. The number of piperidine rings is 1. The summed E-state index contributed by atoms with van der Waals surface area (Å²) in [5, 5.41) is 10.9. The number of aromatic amines is 1. The summed E-state index contributed by atoms with van der Waals surface area (Å²) >= 11 is 7.09. The molecule has 1 atom stereocenters. The topological polar surface area (TPSA) is 73.4 Å². The van der Waals surface area contributed by atoms with E-state index in [2.05, 4.69) is 16.8 Å². The van der Waals surface area contributed by atoms with Gasteiger partial charge in [0.2, 0.25) is 0 Å². The summed E-state index contributed by atoms with van der Waals surface area (Å²) in [7, 11) is 0. The second-order valence-electron chi connectivity index (χ2n) is 9.04. The van der Waals surface area contributed by atoms with Gasteiger partial charge in [0, 0.05) is 46.1 Å². The number of rotatable bonds is 7. The van der Waals surface area contributed by atoms with Crippen LogP contribution in [0.25, 0.3) is 22.0 Å². The number of likely N-dealkylation sites (tertiary alicyclic amines) is 1. The second-order valence-corrected chi connectivity index (χ2v) is 10.5. The minimum absolute atomic E-state index is 0.0237. The minimum Gasteiger partial charge on any atom is -0.507 e. The standard InChI is InChI=1S/C26H26ClF3N2O3S/c1-15-4-2-3-10-32(15)11-9-18(33)14-36-24-23(20-13-17(27)6-8-22(20)34)19-12-16(26(28,29)30)5-7-21(19)31-25(24)35/h5-8,12-13,15,34H,2-4,9-11,14H2,1H3,(H,31,35). The Hall–Kier alpha value is -2.49. The number of carbonyl (C=O) groups excluding carboxylic acids is 1. The van der Waals surface area contributed by atoms with E-state index < -0.39 is 17.3 Å². The third kappa shape index (κ3) is 5.90. The van der Waals surface area contributed by atoms with Crippen molar-refractivity contribution >= 4 is 40.0 Å². The summed E-state index contributed by atoms with van der Waals surface area (Å²) < 4.78 is 40.5. The number of thioether (sulfide) groups is 1. The summed E-state index contributed by atoms with van der Waals surface area (Å²) in [6.45, 7) is 3.73. The maximum absolute atomic E-state index is 13.5. The average molecular weight is 539 g/mol. The Morgan fingerprint density at radius 1 is 1.22 bits per heavy atom. The quantitative estimate of drug-likeness (QED) is 0.336. The Labute approximate surface area is 215 Å². The highest BCUT2D eigenvalue weighted by atomic mass is 35.5. The van der Waals surface area contributed by atoms with Gasteiger partial charge < -0.3 is 15.0 Å². The van der Waals surface area contributed by atoms with Crippen LogP contribution in [0.4, 0.5) is 13.2 Å². The molecule has 4 rings (SSSR count). The van der Waals surface area contributed by atoms with Gasteiger partial charge >= 0.3 is 6.18 Å². The van der Waals surface area contributed by atoms with Gasteiger partial charge in [0.25, 0.3) is 5.56 Å². The first-order valence-corrected chi connectivity index (χ1v) is 13.1. The number of aromatic hydroxyl groups is 1. The Bertz CT molecular complexity index is 1340. The number of pyridine rings is 1. The molecule has 0 bridgehead atoms. The molecule has 3 aromatic rings. The molecular weight excluding hydrogens is 513 g/mol. The number of carbonyl (C=O) groups is 1. The first-order chi connectivity index (χ1) is 17.0. The zero-order chi connectivity index (χ0) is 26.0. The summed E-state index contributed by atoms with van der Waals surface area (Å²) in [5.41, 5.74) is -1.04. The van der Waals surface area contributed by atoms with Crippen LogP contribution in [0, 0.1) is 0 Å². The Kier molecular flexibility index (Phi) is 8.02. The number of H-pyrrole nitrogens is 1. The number of hydrogen-bond donors (Lipinski definition) is 2. The molecule has 1 fully saturated rings. The van der Waals surface area contributed by atoms with Gasteiger partial charge in [-0.25, -0.2) is 0 Å². The molecular formula is C26H26ClF3N2O3S. The van der Waals surface area contributed by atoms with Crippen molar-refractivity contribution in [1.82, 2.24) is 9.88 Å².